The third kappa shape index (κ3) is 2.39. The fourth-order valence-electron chi connectivity index (χ4n) is 2.52. The third-order valence-electron chi connectivity index (χ3n) is 3.56. The number of aromatic hydroxyl groups is 1. The summed E-state index contributed by atoms with van der Waals surface area (Å²) in [6.07, 6.45) is 0. The van der Waals surface area contributed by atoms with Gasteiger partial charge in [-0.3, -0.25) is 0 Å². The predicted octanol–water partition coefficient (Wildman–Crippen LogP) is 3.40. The Labute approximate surface area is 130 Å². The third-order valence-corrected chi connectivity index (χ3v) is 3.56. The Morgan fingerprint density at radius 2 is 1.36 bits per heavy atom. The van der Waals surface area contributed by atoms with Gasteiger partial charge in [-0.1, -0.05) is 18.2 Å². The maximum Gasteiger partial charge on any atom is 0.204 e. The van der Waals surface area contributed by atoms with E-state index in [-0.39, 0.29) is 5.75 Å². The largest absolute Gasteiger partial charge is 0.507 e. The molecule has 2 aromatic carbocycles. The molecular weight excluding hydrogens is 284 g/mol. The molecule has 0 aliphatic carbocycles. The summed E-state index contributed by atoms with van der Waals surface area (Å²) in [5.74, 6) is 1.96. The van der Waals surface area contributed by atoms with Crippen LogP contribution in [0.3, 0.4) is 0 Å². The number of phenols is 1. The first-order valence-corrected chi connectivity index (χ1v) is 6.75. The first kappa shape index (κ1) is 15.8. The number of ether oxygens (including phenoxy) is 4. The molecule has 0 aliphatic heterocycles. The summed E-state index contributed by atoms with van der Waals surface area (Å²) in [6.45, 7) is 1.76. The summed E-state index contributed by atoms with van der Waals surface area (Å²) in [5, 5.41) is 10.6. The molecule has 0 bridgehead atoms. The summed E-state index contributed by atoms with van der Waals surface area (Å²) in [6, 6.07) is 7.39. The van der Waals surface area contributed by atoms with Crippen molar-refractivity contribution in [1.29, 1.82) is 0 Å². The summed E-state index contributed by atoms with van der Waals surface area (Å²) >= 11 is 0. The van der Waals surface area contributed by atoms with E-state index in [2.05, 4.69) is 0 Å². The van der Waals surface area contributed by atoms with Gasteiger partial charge in [0.05, 0.1) is 34.0 Å². The number of rotatable bonds is 5. The van der Waals surface area contributed by atoms with Crippen molar-refractivity contribution in [1.82, 2.24) is 0 Å². The van der Waals surface area contributed by atoms with Crippen molar-refractivity contribution >= 4 is 0 Å². The minimum absolute atomic E-state index is 0.0685. The van der Waals surface area contributed by atoms with Crippen LogP contribution in [0.1, 0.15) is 5.56 Å². The lowest BCUT2D eigenvalue weighted by Gasteiger charge is -2.21. The molecule has 0 saturated heterocycles. The van der Waals surface area contributed by atoms with Gasteiger partial charge in [-0.15, -0.1) is 0 Å². The van der Waals surface area contributed by atoms with Gasteiger partial charge in [-0.05, 0) is 13.0 Å². The van der Waals surface area contributed by atoms with E-state index >= 15 is 0 Å². The number of para-hydroxylation sites is 1. The molecule has 0 aromatic heterocycles. The van der Waals surface area contributed by atoms with Crippen molar-refractivity contribution in [3.8, 4) is 39.9 Å². The second kappa shape index (κ2) is 6.47. The topological polar surface area (TPSA) is 57.2 Å². The highest BCUT2D eigenvalue weighted by Crippen LogP contribution is 2.53. The average molecular weight is 304 g/mol. The number of benzene rings is 2. The van der Waals surface area contributed by atoms with Gasteiger partial charge in [0.2, 0.25) is 5.75 Å². The standard InChI is InChI=1S/C17H20O5/c1-10-14(18)13(11-8-6-7-9-12(11)19-2)16(21-4)17(22-5)15(10)20-3/h6-9,18H,1-5H3. The SMILES string of the molecule is COc1ccccc1-c1c(O)c(C)c(OC)c(OC)c1OC. The second-order valence-corrected chi connectivity index (χ2v) is 4.65. The molecule has 0 amide bonds. The fraction of sp³-hybridized carbons (Fsp3) is 0.294. The minimum atomic E-state index is 0.0685. The molecule has 22 heavy (non-hydrogen) atoms. The minimum Gasteiger partial charge on any atom is -0.507 e. The first-order valence-electron chi connectivity index (χ1n) is 6.75. The van der Waals surface area contributed by atoms with Gasteiger partial charge in [-0.25, -0.2) is 0 Å². The fourth-order valence-corrected chi connectivity index (χ4v) is 2.52. The molecule has 1 N–H and O–H groups in total. The molecule has 0 radical (unpaired) electrons. The molecule has 5 heteroatoms. The number of phenolic OH excluding ortho intramolecular Hbond substituents is 1. The predicted molar refractivity (Wildman–Crippen MR) is 84.5 cm³/mol. The highest BCUT2D eigenvalue weighted by molar-refractivity contribution is 5.86. The van der Waals surface area contributed by atoms with E-state index in [0.717, 1.165) is 0 Å². The molecular formula is C17H20O5. The zero-order chi connectivity index (χ0) is 16.3. The van der Waals surface area contributed by atoms with E-state index in [4.69, 9.17) is 18.9 Å². The zero-order valence-electron chi connectivity index (χ0n) is 13.4. The Morgan fingerprint density at radius 3 is 1.91 bits per heavy atom. The van der Waals surface area contributed by atoms with Gasteiger partial charge in [0.1, 0.15) is 11.5 Å². The van der Waals surface area contributed by atoms with Crippen molar-refractivity contribution in [3.05, 3.63) is 29.8 Å². The molecule has 2 rings (SSSR count). The van der Waals surface area contributed by atoms with E-state index in [0.29, 0.717) is 39.7 Å². The van der Waals surface area contributed by atoms with Crippen molar-refractivity contribution in [2.75, 3.05) is 28.4 Å². The smallest absolute Gasteiger partial charge is 0.204 e. The van der Waals surface area contributed by atoms with Crippen LogP contribution >= 0.6 is 0 Å². The molecule has 2 aromatic rings. The lowest BCUT2D eigenvalue weighted by Crippen LogP contribution is -2.00. The van der Waals surface area contributed by atoms with Crippen LogP contribution < -0.4 is 18.9 Å². The van der Waals surface area contributed by atoms with E-state index in [1.54, 1.807) is 14.0 Å². The summed E-state index contributed by atoms with van der Waals surface area (Å²) in [5.41, 5.74) is 1.79. The Balaban J connectivity index is 2.89. The lowest BCUT2D eigenvalue weighted by molar-refractivity contribution is 0.319. The van der Waals surface area contributed by atoms with Gasteiger partial charge in [-0.2, -0.15) is 0 Å². The van der Waals surface area contributed by atoms with E-state index in [1.807, 2.05) is 24.3 Å². The quantitative estimate of drug-likeness (QED) is 0.917. The maximum atomic E-state index is 10.6. The van der Waals surface area contributed by atoms with E-state index < -0.39 is 0 Å². The molecule has 0 spiro atoms. The average Bonchev–Trinajstić information content (AvgIpc) is 2.56. The normalized spacial score (nSPS) is 10.2. The second-order valence-electron chi connectivity index (χ2n) is 4.65. The van der Waals surface area contributed by atoms with Gasteiger partial charge in [0, 0.05) is 11.1 Å². The first-order chi connectivity index (χ1) is 10.6. The number of hydrogen-bond donors (Lipinski definition) is 1. The number of methoxy groups -OCH3 is 4. The van der Waals surface area contributed by atoms with Crippen molar-refractivity contribution in [2.45, 2.75) is 6.92 Å². The number of hydrogen-bond acceptors (Lipinski definition) is 5. The molecule has 5 nitrogen and oxygen atoms in total. The van der Waals surface area contributed by atoms with Gasteiger partial charge in [0.25, 0.3) is 0 Å². The highest BCUT2D eigenvalue weighted by atomic mass is 16.5. The van der Waals surface area contributed by atoms with Crippen LogP contribution in [-0.4, -0.2) is 33.5 Å². The molecule has 0 atom stereocenters. The Bertz CT molecular complexity index is 679. The van der Waals surface area contributed by atoms with Crippen molar-refractivity contribution in [2.24, 2.45) is 0 Å². The van der Waals surface area contributed by atoms with Crippen LogP contribution in [0.25, 0.3) is 11.1 Å². The van der Waals surface area contributed by atoms with Gasteiger partial charge >= 0.3 is 0 Å². The molecule has 0 saturated carbocycles. The summed E-state index contributed by atoms with van der Waals surface area (Å²) in [4.78, 5) is 0. The van der Waals surface area contributed by atoms with E-state index in [9.17, 15) is 5.11 Å². The zero-order valence-corrected chi connectivity index (χ0v) is 13.4. The molecule has 0 fully saturated rings. The molecule has 0 unspecified atom stereocenters. The monoisotopic (exact) mass is 304 g/mol. The molecule has 0 heterocycles. The van der Waals surface area contributed by atoms with Crippen LogP contribution in [0.15, 0.2) is 24.3 Å². The highest BCUT2D eigenvalue weighted by Gasteiger charge is 2.26. The molecule has 118 valence electrons. The van der Waals surface area contributed by atoms with Crippen LogP contribution in [0, 0.1) is 6.92 Å². The van der Waals surface area contributed by atoms with E-state index in [1.165, 1.54) is 21.3 Å². The molecule has 0 aliphatic rings. The summed E-state index contributed by atoms with van der Waals surface area (Å²) in [7, 11) is 6.15. The van der Waals surface area contributed by atoms with Crippen molar-refractivity contribution < 1.29 is 24.1 Å². The van der Waals surface area contributed by atoms with Crippen LogP contribution in [-0.2, 0) is 0 Å². The van der Waals surface area contributed by atoms with Crippen LogP contribution in [0.2, 0.25) is 0 Å². The van der Waals surface area contributed by atoms with Gasteiger partial charge < -0.3 is 24.1 Å². The Kier molecular flexibility index (Phi) is 4.65. The van der Waals surface area contributed by atoms with Crippen LogP contribution in [0.5, 0.6) is 28.7 Å². The lowest BCUT2D eigenvalue weighted by atomic mass is 9.98. The maximum absolute atomic E-state index is 10.6. The Hall–Kier alpha value is -2.56. The van der Waals surface area contributed by atoms with Crippen molar-refractivity contribution in [3.63, 3.8) is 0 Å². The Morgan fingerprint density at radius 1 is 0.773 bits per heavy atom. The van der Waals surface area contributed by atoms with Crippen LogP contribution in [0.4, 0.5) is 0 Å². The summed E-state index contributed by atoms with van der Waals surface area (Å²) < 4.78 is 21.6. The van der Waals surface area contributed by atoms with Gasteiger partial charge in [0.15, 0.2) is 11.5 Å².